The van der Waals surface area contributed by atoms with E-state index in [0.29, 0.717) is 64.5 Å². The summed E-state index contributed by atoms with van der Waals surface area (Å²) in [7, 11) is 4.96. The molecule has 7 aliphatic heterocycles. The number of hydrogen-bond donors (Lipinski definition) is 4. The summed E-state index contributed by atoms with van der Waals surface area (Å²) < 4.78 is 36.6. The van der Waals surface area contributed by atoms with E-state index in [-0.39, 0.29) is 42.2 Å². The monoisotopic (exact) mass is 849 g/mol. The summed E-state index contributed by atoms with van der Waals surface area (Å²) in [5.74, 6) is 0.699. The summed E-state index contributed by atoms with van der Waals surface area (Å²) in [5.41, 5.74) is 5.00. The molecule has 318 valence electrons. The molecule has 0 amide bonds. The van der Waals surface area contributed by atoms with E-state index in [2.05, 4.69) is 10.2 Å². The number of rotatable bonds is 5. The van der Waals surface area contributed by atoms with Crippen molar-refractivity contribution in [2.75, 3.05) is 47.0 Å². The first-order chi connectivity index (χ1) is 29.5. The van der Waals surface area contributed by atoms with Crippen LogP contribution < -0.4 is 29.0 Å². The number of ether oxygens (including phenoxy) is 6. The van der Waals surface area contributed by atoms with Gasteiger partial charge in [0.25, 0.3) is 0 Å². The zero-order valence-electron chi connectivity index (χ0n) is 34.4. The second-order valence-electron chi connectivity index (χ2n) is 16.5. The van der Waals surface area contributed by atoms with Crippen molar-refractivity contribution in [2.45, 2.75) is 67.9 Å². The lowest BCUT2D eigenvalue weighted by atomic mass is 9.73. The first-order valence-electron chi connectivity index (χ1n) is 20.4. The number of phenolic OH excluding ortho intramolecular Hbond substituents is 2. The number of fused-ring (bicyclic) bond motifs is 9. The predicted octanol–water partition coefficient (Wildman–Crippen LogP) is 5.11. The van der Waals surface area contributed by atoms with Gasteiger partial charge in [-0.05, 0) is 79.8 Å². The summed E-state index contributed by atoms with van der Waals surface area (Å²) in [6.07, 6.45) is 2.99. The standard InChI is InChI=1S/C46H47N3O11S/c1-22-15-26-16-28-44(53)49-29-19-57-45(54)46(27-18-31(55-4)30(50)17-25(27)13-14-47-46)20-61-43(37(49)36(48(28)3)33(26)38(52)39(22)56-5)35-34(29)42-41(58-21-59-42)23(2)40(35)60-32(51)12-11-24-9-7-6-8-10-24/h6-12,15,17-18,28-29,36-37,43-44,47,50,52-53H,13-14,16,19-21H2,1-5H3/b12-11+/t28-,29-,36+,37?,43+,44-,46+/m0/s1. The minimum atomic E-state index is -1.39. The Balaban J connectivity index is 1.21. The van der Waals surface area contributed by atoms with Gasteiger partial charge in [-0.15, -0.1) is 11.8 Å². The molecular weight excluding hydrogens is 803 g/mol. The number of aliphatic hydroxyl groups is 1. The number of carbonyl (C=O) groups excluding carboxylic acids is 2. The van der Waals surface area contributed by atoms with Crippen LogP contribution in [0.3, 0.4) is 0 Å². The summed E-state index contributed by atoms with van der Waals surface area (Å²) in [6, 6.07) is 12.4. The topological polar surface area (TPSA) is 169 Å². The number of aliphatic hydroxyl groups excluding tert-OH is 1. The molecule has 4 N–H and O–H groups in total. The molecule has 7 heterocycles. The smallest absolute Gasteiger partial charge is 0.336 e. The Morgan fingerprint density at radius 1 is 0.984 bits per heavy atom. The largest absolute Gasteiger partial charge is 0.504 e. The van der Waals surface area contributed by atoms with Gasteiger partial charge in [-0.2, -0.15) is 0 Å². The van der Waals surface area contributed by atoms with Gasteiger partial charge in [0.1, 0.15) is 18.6 Å². The minimum absolute atomic E-state index is 0.0274. The van der Waals surface area contributed by atoms with E-state index < -0.39 is 53.1 Å². The number of nitrogens with one attached hydrogen (secondary N) is 1. The quantitative estimate of drug-likeness (QED) is 0.119. The molecule has 11 rings (SSSR count). The summed E-state index contributed by atoms with van der Waals surface area (Å²) in [4.78, 5) is 33.0. The van der Waals surface area contributed by atoms with E-state index >= 15 is 0 Å². The van der Waals surface area contributed by atoms with Crippen LogP contribution in [-0.4, -0.2) is 102 Å². The summed E-state index contributed by atoms with van der Waals surface area (Å²) in [5, 5.41) is 38.6. The third-order valence-electron chi connectivity index (χ3n) is 13.4. The highest BCUT2D eigenvalue weighted by Crippen LogP contribution is 2.64. The number of phenols is 2. The van der Waals surface area contributed by atoms with Gasteiger partial charge >= 0.3 is 11.9 Å². The molecule has 2 saturated heterocycles. The van der Waals surface area contributed by atoms with Gasteiger partial charge in [-0.1, -0.05) is 36.4 Å². The lowest BCUT2D eigenvalue weighted by Gasteiger charge is -2.62. The van der Waals surface area contributed by atoms with Crippen LogP contribution in [0.1, 0.15) is 67.4 Å². The van der Waals surface area contributed by atoms with Crippen LogP contribution >= 0.6 is 11.8 Å². The van der Waals surface area contributed by atoms with E-state index in [1.807, 2.05) is 62.2 Å². The molecule has 4 aromatic carbocycles. The van der Waals surface area contributed by atoms with Crippen LogP contribution in [0.4, 0.5) is 0 Å². The van der Waals surface area contributed by atoms with Crippen LogP contribution in [0.25, 0.3) is 6.08 Å². The highest BCUT2D eigenvalue weighted by molar-refractivity contribution is 7.99. The molecule has 7 atom stereocenters. The van der Waals surface area contributed by atoms with Crippen LogP contribution in [0.5, 0.6) is 40.2 Å². The lowest BCUT2D eigenvalue weighted by molar-refractivity contribution is -0.186. The Hall–Kier alpha value is -5.45. The van der Waals surface area contributed by atoms with Gasteiger partial charge in [0, 0.05) is 46.7 Å². The van der Waals surface area contributed by atoms with Gasteiger partial charge in [-0.3, -0.25) is 15.1 Å². The lowest BCUT2D eigenvalue weighted by Crippen LogP contribution is -2.70. The average molecular weight is 850 g/mol. The summed E-state index contributed by atoms with van der Waals surface area (Å²) >= 11 is 1.46. The summed E-state index contributed by atoms with van der Waals surface area (Å²) in [6.45, 7) is 3.85. The molecule has 0 aromatic heterocycles. The molecule has 4 bridgehead atoms. The maximum Gasteiger partial charge on any atom is 0.336 e. The second kappa shape index (κ2) is 14.9. The fourth-order valence-electron chi connectivity index (χ4n) is 10.7. The van der Waals surface area contributed by atoms with Gasteiger partial charge < -0.3 is 43.7 Å². The molecule has 4 aromatic rings. The van der Waals surface area contributed by atoms with E-state index in [1.165, 1.54) is 32.1 Å². The van der Waals surface area contributed by atoms with Crippen molar-refractivity contribution < 1.29 is 53.3 Å². The number of aryl methyl sites for hydroxylation is 1. The third-order valence-corrected chi connectivity index (χ3v) is 14.9. The Kier molecular flexibility index (Phi) is 9.67. The van der Waals surface area contributed by atoms with Gasteiger partial charge in [-0.25, -0.2) is 9.59 Å². The molecule has 2 fully saturated rings. The molecule has 0 radical (unpaired) electrons. The number of hydrogen-bond acceptors (Lipinski definition) is 15. The van der Waals surface area contributed by atoms with Crippen molar-refractivity contribution in [3.8, 4) is 40.2 Å². The fourth-order valence-corrected chi connectivity index (χ4v) is 12.4. The van der Waals surface area contributed by atoms with E-state index in [4.69, 9.17) is 28.4 Å². The minimum Gasteiger partial charge on any atom is -0.504 e. The molecule has 14 nitrogen and oxygen atoms in total. The zero-order chi connectivity index (χ0) is 42.5. The maximum atomic E-state index is 14.9. The van der Waals surface area contributed by atoms with Crippen LogP contribution in [-0.2, 0) is 32.7 Å². The van der Waals surface area contributed by atoms with Gasteiger partial charge in [0.2, 0.25) is 6.79 Å². The van der Waals surface area contributed by atoms with Gasteiger partial charge in [0.05, 0.1) is 37.6 Å². The molecule has 7 aliphatic rings. The maximum absolute atomic E-state index is 14.9. The highest BCUT2D eigenvalue weighted by Gasteiger charge is 2.61. The Morgan fingerprint density at radius 2 is 1.77 bits per heavy atom. The number of likely N-dealkylation sites (N-methyl/N-ethyl adjacent to an activating group) is 1. The molecule has 1 unspecified atom stereocenters. The number of nitrogens with zero attached hydrogens (tertiary/aromatic N) is 2. The number of carbonyl (C=O) groups is 2. The number of piperazine rings is 1. The van der Waals surface area contributed by atoms with E-state index in [9.17, 15) is 24.9 Å². The highest BCUT2D eigenvalue weighted by atomic mass is 32.2. The van der Waals surface area contributed by atoms with E-state index in [1.54, 1.807) is 18.2 Å². The first kappa shape index (κ1) is 39.7. The van der Waals surface area contributed by atoms with Crippen LogP contribution in [0.2, 0.25) is 0 Å². The van der Waals surface area contributed by atoms with Gasteiger partial charge in [0.15, 0.2) is 40.0 Å². The van der Waals surface area contributed by atoms with Crippen LogP contribution in [0, 0.1) is 13.8 Å². The molecule has 0 saturated carbocycles. The van der Waals surface area contributed by atoms with Crippen molar-refractivity contribution in [3.05, 3.63) is 105 Å². The molecule has 15 heteroatoms. The van der Waals surface area contributed by atoms with Crippen molar-refractivity contribution >= 4 is 29.8 Å². The number of esters is 2. The Labute approximate surface area is 356 Å². The van der Waals surface area contributed by atoms with Crippen molar-refractivity contribution in [1.82, 2.24) is 15.1 Å². The molecular formula is C46H47N3O11S. The normalized spacial score (nSPS) is 27.5. The fraction of sp³-hybridized carbons (Fsp3) is 0.391. The second-order valence-corrected chi connectivity index (χ2v) is 17.6. The van der Waals surface area contributed by atoms with Crippen molar-refractivity contribution in [2.24, 2.45) is 0 Å². The molecule has 1 spiro atoms. The zero-order valence-corrected chi connectivity index (χ0v) is 35.2. The molecule has 0 aliphatic carbocycles. The SMILES string of the molecule is COc1cc2c(cc1O)CCN[C@]21CS[C@@H]2c3c(OC(=O)/C=C/c4ccccc4)c(C)c4c(c3[C@H](COC1=O)N1C2[C@H]2c3c(cc(C)c(OC)c3O)C[C@@H]([C@@H]1O)N2C)OCO4. The Morgan fingerprint density at radius 3 is 2.54 bits per heavy atom. The number of methoxy groups -OCH3 is 2. The third kappa shape index (κ3) is 5.92. The molecule has 61 heavy (non-hydrogen) atoms. The number of aromatic hydroxyl groups is 2. The van der Waals surface area contributed by atoms with Crippen molar-refractivity contribution in [3.63, 3.8) is 0 Å². The van der Waals surface area contributed by atoms with Crippen molar-refractivity contribution in [1.29, 1.82) is 0 Å². The average Bonchev–Trinajstić information content (AvgIpc) is 3.75. The van der Waals surface area contributed by atoms with E-state index in [0.717, 1.165) is 22.3 Å². The van der Waals surface area contributed by atoms with Crippen LogP contribution in [0.15, 0.2) is 54.6 Å². The predicted molar refractivity (Wildman–Crippen MR) is 224 cm³/mol. The Bertz CT molecular complexity index is 2510. The first-order valence-corrected chi connectivity index (χ1v) is 21.4. The number of benzene rings is 4. The number of thioether (sulfide) groups is 1.